The van der Waals surface area contributed by atoms with Crippen LogP contribution in [0.1, 0.15) is 18.4 Å². The van der Waals surface area contributed by atoms with E-state index in [0.717, 1.165) is 19.4 Å². The van der Waals surface area contributed by atoms with Gasteiger partial charge in [0, 0.05) is 24.8 Å². The minimum Gasteiger partial charge on any atom is -0.436 e. The van der Waals surface area contributed by atoms with Crippen LogP contribution in [0.3, 0.4) is 0 Å². The van der Waals surface area contributed by atoms with Crippen molar-refractivity contribution in [2.75, 3.05) is 13.1 Å². The van der Waals surface area contributed by atoms with Gasteiger partial charge >= 0.3 is 0 Å². The van der Waals surface area contributed by atoms with Crippen LogP contribution < -0.4 is 10.1 Å². The third-order valence-electron chi connectivity index (χ3n) is 4.38. The molecule has 0 radical (unpaired) electrons. The Morgan fingerprint density at radius 3 is 3.04 bits per heavy atom. The van der Waals surface area contributed by atoms with Crippen molar-refractivity contribution in [3.63, 3.8) is 0 Å². The zero-order valence-electron chi connectivity index (χ0n) is 14.5. The first-order valence-corrected chi connectivity index (χ1v) is 8.68. The van der Waals surface area contributed by atoms with Gasteiger partial charge in [-0.15, -0.1) is 6.58 Å². The van der Waals surface area contributed by atoms with E-state index in [9.17, 15) is 9.18 Å². The number of halogens is 1. The van der Waals surface area contributed by atoms with Gasteiger partial charge < -0.3 is 10.1 Å². The molecular formula is C20H22FN3O2. The standard InChI is InChI=1S/C20H22FN3O2/c1-2-12-24-13-6-9-17(24)19(25)23-14-15-7-5-11-22-20(15)26-18-10-4-3-8-16(18)21/h2-5,7-8,10-11,17H,1,6,9,12-14H2,(H,23,25)/t17-/m0/s1. The average Bonchev–Trinajstić information content (AvgIpc) is 3.11. The van der Waals surface area contributed by atoms with E-state index < -0.39 is 5.82 Å². The lowest BCUT2D eigenvalue weighted by molar-refractivity contribution is -0.125. The summed E-state index contributed by atoms with van der Waals surface area (Å²) in [5.41, 5.74) is 0.692. The summed E-state index contributed by atoms with van der Waals surface area (Å²) in [6, 6.07) is 9.58. The number of ether oxygens (including phenoxy) is 1. The Labute approximate surface area is 152 Å². The Morgan fingerprint density at radius 2 is 2.23 bits per heavy atom. The van der Waals surface area contributed by atoms with Gasteiger partial charge in [0.1, 0.15) is 0 Å². The summed E-state index contributed by atoms with van der Waals surface area (Å²) in [7, 11) is 0. The highest BCUT2D eigenvalue weighted by atomic mass is 19.1. The van der Waals surface area contributed by atoms with Crippen molar-refractivity contribution in [3.05, 3.63) is 66.6 Å². The molecule has 0 unspecified atom stereocenters. The van der Waals surface area contributed by atoms with Crippen LogP contribution in [0.15, 0.2) is 55.3 Å². The average molecular weight is 355 g/mol. The maximum absolute atomic E-state index is 13.8. The number of carbonyl (C=O) groups excluding carboxylic acids is 1. The number of nitrogens with one attached hydrogen (secondary N) is 1. The molecule has 1 aliphatic heterocycles. The van der Waals surface area contributed by atoms with Crippen molar-refractivity contribution in [3.8, 4) is 11.6 Å². The van der Waals surface area contributed by atoms with Crippen LogP contribution in [0.25, 0.3) is 0 Å². The maximum atomic E-state index is 13.8. The predicted molar refractivity (Wildman–Crippen MR) is 97.3 cm³/mol. The van der Waals surface area contributed by atoms with Crippen molar-refractivity contribution in [1.29, 1.82) is 0 Å². The van der Waals surface area contributed by atoms with Gasteiger partial charge in [0.05, 0.1) is 6.04 Å². The topological polar surface area (TPSA) is 54.5 Å². The molecule has 1 N–H and O–H groups in total. The van der Waals surface area contributed by atoms with Crippen molar-refractivity contribution in [2.45, 2.75) is 25.4 Å². The van der Waals surface area contributed by atoms with Gasteiger partial charge in [-0.05, 0) is 37.6 Å². The molecule has 0 saturated carbocycles. The van der Waals surface area contributed by atoms with Gasteiger partial charge in [-0.25, -0.2) is 9.37 Å². The van der Waals surface area contributed by atoms with Gasteiger partial charge in [0.15, 0.2) is 11.6 Å². The van der Waals surface area contributed by atoms with Gasteiger partial charge in [-0.3, -0.25) is 9.69 Å². The van der Waals surface area contributed by atoms with Gasteiger partial charge in [0.25, 0.3) is 0 Å². The molecular weight excluding hydrogens is 333 g/mol. The molecule has 2 heterocycles. The van der Waals surface area contributed by atoms with E-state index in [1.807, 2.05) is 6.08 Å². The van der Waals surface area contributed by atoms with Crippen molar-refractivity contribution in [1.82, 2.24) is 15.2 Å². The molecule has 1 saturated heterocycles. The van der Waals surface area contributed by atoms with Crippen LogP contribution in [0.2, 0.25) is 0 Å². The molecule has 5 nitrogen and oxygen atoms in total. The minimum atomic E-state index is -0.459. The van der Waals surface area contributed by atoms with E-state index in [-0.39, 0.29) is 30.1 Å². The Bertz CT molecular complexity index is 781. The molecule has 1 atom stereocenters. The molecule has 1 aliphatic rings. The molecule has 1 fully saturated rings. The SMILES string of the molecule is C=CCN1CCC[C@H]1C(=O)NCc1cccnc1Oc1ccccc1F. The third-order valence-corrected chi connectivity index (χ3v) is 4.38. The van der Waals surface area contributed by atoms with Gasteiger partial charge in [-0.2, -0.15) is 0 Å². The van der Waals surface area contributed by atoms with E-state index in [1.165, 1.54) is 12.1 Å². The largest absolute Gasteiger partial charge is 0.436 e. The lowest BCUT2D eigenvalue weighted by Crippen LogP contribution is -2.43. The predicted octanol–water partition coefficient (Wildman–Crippen LogP) is 3.28. The zero-order valence-corrected chi connectivity index (χ0v) is 14.5. The second-order valence-electron chi connectivity index (χ2n) is 6.16. The first kappa shape index (κ1) is 18.1. The highest BCUT2D eigenvalue weighted by Crippen LogP contribution is 2.25. The fourth-order valence-corrected chi connectivity index (χ4v) is 3.09. The molecule has 2 aromatic rings. The Morgan fingerprint density at radius 1 is 1.38 bits per heavy atom. The van der Waals surface area contributed by atoms with E-state index in [4.69, 9.17) is 4.74 Å². The summed E-state index contributed by atoms with van der Waals surface area (Å²) in [6.45, 7) is 5.62. The molecule has 136 valence electrons. The number of carbonyl (C=O) groups is 1. The lowest BCUT2D eigenvalue weighted by Gasteiger charge is -2.22. The molecule has 3 rings (SSSR count). The van der Waals surface area contributed by atoms with Crippen LogP contribution in [-0.4, -0.2) is 34.9 Å². The van der Waals surface area contributed by atoms with Crippen LogP contribution in [-0.2, 0) is 11.3 Å². The number of hydrogen-bond acceptors (Lipinski definition) is 4. The second-order valence-corrected chi connectivity index (χ2v) is 6.16. The molecule has 26 heavy (non-hydrogen) atoms. The smallest absolute Gasteiger partial charge is 0.237 e. The fraction of sp³-hybridized carbons (Fsp3) is 0.300. The Kier molecular flexibility index (Phi) is 5.96. The number of benzene rings is 1. The highest BCUT2D eigenvalue weighted by molar-refractivity contribution is 5.82. The van der Waals surface area contributed by atoms with Crippen molar-refractivity contribution in [2.24, 2.45) is 0 Å². The summed E-state index contributed by atoms with van der Waals surface area (Å²) < 4.78 is 19.4. The van der Waals surface area contributed by atoms with Gasteiger partial charge in [0.2, 0.25) is 11.8 Å². The van der Waals surface area contributed by atoms with Crippen molar-refractivity contribution < 1.29 is 13.9 Å². The number of aromatic nitrogens is 1. The molecule has 1 aromatic carbocycles. The number of para-hydroxylation sites is 1. The molecule has 0 spiro atoms. The van der Waals surface area contributed by atoms with Crippen LogP contribution in [0.4, 0.5) is 4.39 Å². The Hall–Kier alpha value is -2.73. The normalized spacial score (nSPS) is 17.0. The minimum absolute atomic E-state index is 0.0231. The van der Waals surface area contributed by atoms with Gasteiger partial charge in [-0.1, -0.05) is 24.3 Å². The van der Waals surface area contributed by atoms with Crippen LogP contribution in [0, 0.1) is 5.82 Å². The van der Waals surface area contributed by atoms with E-state index in [0.29, 0.717) is 12.1 Å². The Balaban J connectivity index is 1.66. The highest BCUT2D eigenvalue weighted by Gasteiger charge is 2.29. The molecule has 6 heteroatoms. The first-order valence-electron chi connectivity index (χ1n) is 8.68. The molecule has 1 aromatic heterocycles. The number of nitrogens with zero attached hydrogens (tertiary/aromatic N) is 2. The fourth-order valence-electron chi connectivity index (χ4n) is 3.09. The van der Waals surface area contributed by atoms with Crippen molar-refractivity contribution >= 4 is 5.91 Å². The molecule has 1 amide bonds. The number of pyridine rings is 1. The monoisotopic (exact) mass is 355 g/mol. The third kappa shape index (κ3) is 4.26. The summed E-state index contributed by atoms with van der Waals surface area (Å²) in [4.78, 5) is 18.8. The summed E-state index contributed by atoms with van der Waals surface area (Å²) >= 11 is 0. The van der Waals surface area contributed by atoms with E-state index >= 15 is 0 Å². The van der Waals surface area contributed by atoms with E-state index in [1.54, 1.807) is 30.5 Å². The zero-order chi connectivity index (χ0) is 18.4. The molecule has 0 aliphatic carbocycles. The maximum Gasteiger partial charge on any atom is 0.237 e. The van der Waals surface area contributed by atoms with Crippen LogP contribution in [0.5, 0.6) is 11.6 Å². The number of amides is 1. The number of hydrogen-bond donors (Lipinski definition) is 1. The summed E-state index contributed by atoms with van der Waals surface area (Å²) in [6.07, 6.45) is 5.23. The lowest BCUT2D eigenvalue weighted by atomic mass is 10.2. The first-order chi connectivity index (χ1) is 12.7. The molecule has 0 bridgehead atoms. The summed E-state index contributed by atoms with van der Waals surface area (Å²) in [5.74, 6) is -0.0943. The van der Waals surface area contributed by atoms with E-state index in [2.05, 4.69) is 21.8 Å². The second kappa shape index (κ2) is 8.58. The quantitative estimate of drug-likeness (QED) is 0.775. The number of rotatable bonds is 7. The summed E-state index contributed by atoms with van der Waals surface area (Å²) in [5, 5.41) is 2.94. The van der Waals surface area contributed by atoms with Crippen LogP contribution >= 0.6 is 0 Å². The number of likely N-dealkylation sites (tertiary alicyclic amines) is 1.